The molecular formula is C18H15N3S. The van der Waals surface area contributed by atoms with Crippen molar-refractivity contribution in [2.45, 2.75) is 25.7 Å². The Hall–Kier alpha value is -2.38. The van der Waals surface area contributed by atoms with E-state index in [0.717, 1.165) is 39.9 Å². The van der Waals surface area contributed by atoms with Gasteiger partial charge in [0.05, 0.1) is 5.56 Å². The van der Waals surface area contributed by atoms with E-state index in [4.69, 9.17) is 0 Å². The number of aryl methyl sites for hydroxylation is 1. The second-order valence-electron chi connectivity index (χ2n) is 5.55. The maximum absolute atomic E-state index is 9.47. The molecule has 1 aromatic carbocycles. The molecule has 0 saturated heterocycles. The Labute approximate surface area is 132 Å². The number of nitrogens with one attached hydrogen (secondary N) is 1. The van der Waals surface area contributed by atoms with Gasteiger partial charge in [-0.25, -0.2) is 4.99 Å². The van der Waals surface area contributed by atoms with Gasteiger partial charge in [0, 0.05) is 33.8 Å². The highest BCUT2D eigenvalue weighted by atomic mass is 32.1. The second kappa shape index (κ2) is 5.43. The lowest BCUT2D eigenvalue weighted by Gasteiger charge is -2.09. The van der Waals surface area contributed by atoms with Gasteiger partial charge in [0.25, 0.3) is 0 Å². The average Bonchev–Trinajstić information content (AvgIpc) is 3.13. The smallest absolute Gasteiger partial charge is 0.134 e. The van der Waals surface area contributed by atoms with Gasteiger partial charge in [-0.15, -0.1) is 11.3 Å². The second-order valence-corrected chi connectivity index (χ2v) is 6.63. The van der Waals surface area contributed by atoms with E-state index in [2.05, 4.69) is 28.2 Å². The molecule has 2 aromatic heterocycles. The summed E-state index contributed by atoms with van der Waals surface area (Å²) in [5, 5.41) is 11.5. The average molecular weight is 305 g/mol. The maximum Gasteiger partial charge on any atom is 0.134 e. The topological polar surface area (TPSA) is 51.9 Å². The van der Waals surface area contributed by atoms with E-state index in [1.165, 1.54) is 23.3 Å². The number of hydrogen-bond acceptors (Lipinski definition) is 3. The summed E-state index contributed by atoms with van der Waals surface area (Å²) in [5.74, 6) is 0. The summed E-state index contributed by atoms with van der Waals surface area (Å²) in [6.07, 6.45) is 8.37. The fraction of sp³-hybridized carbons (Fsp3) is 0.222. The van der Waals surface area contributed by atoms with E-state index in [9.17, 15) is 5.26 Å². The molecule has 1 aliphatic carbocycles. The van der Waals surface area contributed by atoms with Crippen LogP contribution in [0.4, 0.5) is 5.00 Å². The molecule has 0 amide bonds. The van der Waals surface area contributed by atoms with Crippen LogP contribution in [-0.2, 0) is 12.8 Å². The summed E-state index contributed by atoms with van der Waals surface area (Å²) >= 11 is 1.68. The van der Waals surface area contributed by atoms with E-state index in [0.29, 0.717) is 0 Å². The molecule has 4 rings (SSSR count). The number of thiophene rings is 1. The summed E-state index contributed by atoms with van der Waals surface area (Å²) in [7, 11) is 0. The van der Waals surface area contributed by atoms with Gasteiger partial charge in [0.2, 0.25) is 0 Å². The first kappa shape index (κ1) is 13.3. The molecule has 1 N–H and O–H groups in total. The van der Waals surface area contributed by atoms with Crippen molar-refractivity contribution in [3.63, 3.8) is 0 Å². The molecule has 0 spiro atoms. The van der Waals surface area contributed by atoms with E-state index >= 15 is 0 Å². The molecule has 0 atom stereocenters. The summed E-state index contributed by atoms with van der Waals surface area (Å²) in [4.78, 5) is 9.23. The van der Waals surface area contributed by atoms with E-state index in [1.807, 2.05) is 24.5 Å². The fourth-order valence-corrected chi connectivity index (χ4v) is 4.27. The normalized spacial score (nSPS) is 14.3. The molecule has 108 valence electrons. The first-order valence-corrected chi connectivity index (χ1v) is 8.33. The summed E-state index contributed by atoms with van der Waals surface area (Å²) in [6.45, 7) is 0. The van der Waals surface area contributed by atoms with Crippen LogP contribution in [0, 0.1) is 11.3 Å². The van der Waals surface area contributed by atoms with Crippen molar-refractivity contribution in [2.24, 2.45) is 4.99 Å². The third-order valence-electron chi connectivity index (χ3n) is 4.21. The van der Waals surface area contributed by atoms with Gasteiger partial charge in [0.15, 0.2) is 0 Å². The molecule has 3 nitrogen and oxygen atoms in total. The molecule has 22 heavy (non-hydrogen) atoms. The largest absolute Gasteiger partial charge is 0.361 e. The molecular weight excluding hydrogens is 290 g/mol. The Morgan fingerprint density at radius 3 is 3.00 bits per heavy atom. The first-order valence-electron chi connectivity index (χ1n) is 7.51. The molecule has 0 radical (unpaired) electrons. The molecule has 0 aliphatic heterocycles. The lowest BCUT2D eigenvalue weighted by Crippen LogP contribution is -1.99. The Morgan fingerprint density at radius 2 is 2.09 bits per heavy atom. The third-order valence-corrected chi connectivity index (χ3v) is 5.41. The van der Waals surface area contributed by atoms with Crippen LogP contribution < -0.4 is 0 Å². The maximum atomic E-state index is 9.47. The predicted octanol–water partition coefficient (Wildman–Crippen LogP) is 4.73. The minimum atomic E-state index is 0.788. The number of para-hydroxylation sites is 1. The Kier molecular flexibility index (Phi) is 3.28. The van der Waals surface area contributed by atoms with E-state index in [1.54, 1.807) is 11.3 Å². The number of hydrogen-bond donors (Lipinski definition) is 1. The molecule has 0 fully saturated rings. The Morgan fingerprint density at radius 1 is 1.23 bits per heavy atom. The van der Waals surface area contributed by atoms with Gasteiger partial charge in [-0.05, 0) is 37.3 Å². The van der Waals surface area contributed by atoms with E-state index in [-0.39, 0.29) is 0 Å². The Balaban J connectivity index is 1.74. The van der Waals surface area contributed by atoms with Crippen molar-refractivity contribution < 1.29 is 0 Å². The Bertz CT molecular complexity index is 908. The zero-order chi connectivity index (χ0) is 14.9. The summed E-state index contributed by atoms with van der Waals surface area (Å²) in [6, 6.07) is 10.5. The lowest BCUT2D eigenvalue weighted by molar-refractivity contribution is 0.696. The quantitative estimate of drug-likeness (QED) is 0.684. The number of fused-ring (bicyclic) bond motifs is 2. The number of rotatable bonds is 2. The fourth-order valence-electron chi connectivity index (χ4n) is 3.09. The van der Waals surface area contributed by atoms with Crippen molar-refractivity contribution in [1.29, 1.82) is 5.26 Å². The van der Waals surface area contributed by atoms with Crippen LogP contribution in [0.25, 0.3) is 10.9 Å². The van der Waals surface area contributed by atoms with Crippen LogP contribution in [0.5, 0.6) is 0 Å². The third kappa shape index (κ3) is 2.15. The highest BCUT2D eigenvalue weighted by molar-refractivity contribution is 7.16. The van der Waals surface area contributed by atoms with Crippen molar-refractivity contribution in [2.75, 3.05) is 0 Å². The number of aromatic nitrogens is 1. The van der Waals surface area contributed by atoms with Crippen molar-refractivity contribution >= 4 is 33.5 Å². The number of aromatic amines is 1. The van der Waals surface area contributed by atoms with E-state index < -0.39 is 0 Å². The number of aliphatic imine (C=N–C) groups is 1. The molecule has 0 saturated carbocycles. The minimum absolute atomic E-state index is 0.788. The van der Waals surface area contributed by atoms with Crippen molar-refractivity contribution in [1.82, 2.24) is 4.98 Å². The SMILES string of the molecule is N#Cc1c(/N=C\c2c[nH]c3ccccc23)sc2c1CCCC2. The van der Waals surface area contributed by atoms with Gasteiger partial charge < -0.3 is 4.98 Å². The summed E-state index contributed by atoms with van der Waals surface area (Å²) in [5.41, 5.74) is 4.20. The van der Waals surface area contributed by atoms with Crippen LogP contribution in [-0.4, -0.2) is 11.2 Å². The van der Waals surface area contributed by atoms with Gasteiger partial charge in [0.1, 0.15) is 11.1 Å². The van der Waals surface area contributed by atoms with Crippen LogP contribution in [0.1, 0.15) is 34.4 Å². The van der Waals surface area contributed by atoms with Crippen LogP contribution in [0.3, 0.4) is 0 Å². The van der Waals surface area contributed by atoms with Gasteiger partial charge in [-0.3, -0.25) is 0 Å². The highest BCUT2D eigenvalue weighted by Gasteiger charge is 2.20. The van der Waals surface area contributed by atoms with Gasteiger partial charge in [-0.1, -0.05) is 18.2 Å². The molecule has 4 heteroatoms. The predicted molar refractivity (Wildman–Crippen MR) is 91.2 cm³/mol. The molecule has 0 unspecified atom stereocenters. The minimum Gasteiger partial charge on any atom is -0.361 e. The zero-order valence-electron chi connectivity index (χ0n) is 12.1. The molecule has 1 aliphatic rings. The first-order chi connectivity index (χ1) is 10.9. The van der Waals surface area contributed by atoms with Gasteiger partial charge in [-0.2, -0.15) is 5.26 Å². The van der Waals surface area contributed by atoms with Gasteiger partial charge >= 0.3 is 0 Å². The standard InChI is InChI=1S/C18H15N3S/c19-9-15-14-6-2-4-8-17(14)22-18(15)21-11-12-10-20-16-7-3-1-5-13(12)16/h1,3,5,7,10-11,20H,2,4,6,8H2/b21-11-. The van der Waals surface area contributed by atoms with Crippen LogP contribution >= 0.6 is 11.3 Å². The number of nitriles is 1. The van der Waals surface area contributed by atoms with Crippen LogP contribution in [0.15, 0.2) is 35.5 Å². The highest BCUT2D eigenvalue weighted by Crippen LogP contribution is 2.39. The zero-order valence-corrected chi connectivity index (χ0v) is 12.9. The lowest BCUT2D eigenvalue weighted by atomic mass is 9.96. The number of nitrogens with zero attached hydrogens (tertiary/aromatic N) is 2. The monoisotopic (exact) mass is 305 g/mol. The van der Waals surface area contributed by atoms with Crippen LogP contribution in [0.2, 0.25) is 0 Å². The molecule has 2 heterocycles. The van der Waals surface area contributed by atoms with Crippen molar-refractivity contribution in [3.8, 4) is 6.07 Å². The number of benzene rings is 1. The summed E-state index contributed by atoms with van der Waals surface area (Å²) < 4.78 is 0. The number of H-pyrrole nitrogens is 1. The van der Waals surface area contributed by atoms with Crippen molar-refractivity contribution in [3.05, 3.63) is 52.0 Å². The molecule has 3 aromatic rings. The molecule has 0 bridgehead atoms.